The molecule has 0 unspecified atom stereocenters. The molecule has 2 amide bonds. The lowest BCUT2D eigenvalue weighted by Crippen LogP contribution is -2.38. The van der Waals surface area contributed by atoms with E-state index in [1.807, 2.05) is 4.90 Å². The molecule has 0 aliphatic carbocycles. The number of halogens is 3. The van der Waals surface area contributed by atoms with Crippen molar-refractivity contribution in [2.75, 3.05) is 20.2 Å². The average molecular weight is 428 g/mol. The average Bonchev–Trinajstić information content (AvgIpc) is 2.96. The monoisotopic (exact) mass is 428 g/mol. The first-order chi connectivity index (χ1) is 13.9. The molecule has 2 aliphatic rings. The summed E-state index contributed by atoms with van der Waals surface area (Å²) in [5, 5.41) is 0. The van der Waals surface area contributed by atoms with Gasteiger partial charge in [0.2, 0.25) is 0 Å². The summed E-state index contributed by atoms with van der Waals surface area (Å²) in [5.74, 6) is -0.764. The van der Waals surface area contributed by atoms with Crippen LogP contribution in [0.5, 0.6) is 0 Å². The van der Waals surface area contributed by atoms with Gasteiger partial charge < -0.3 is 9.47 Å². The minimum atomic E-state index is -4.64. The van der Waals surface area contributed by atoms with Crippen molar-refractivity contribution < 1.29 is 32.2 Å². The van der Waals surface area contributed by atoms with Gasteiger partial charge in [-0.05, 0) is 63.4 Å². The summed E-state index contributed by atoms with van der Waals surface area (Å²) in [4.78, 5) is 27.9. The van der Waals surface area contributed by atoms with Crippen LogP contribution in [0.2, 0.25) is 0 Å². The van der Waals surface area contributed by atoms with Gasteiger partial charge in [0.15, 0.2) is 0 Å². The van der Waals surface area contributed by atoms with E-state index in [0.717, 1.165) is 30.4 Å². The van der Waals surface area contributed by atoms with Crippen molar-refractivity contribution >= 4 is 12.0 Å². The molecule has 0 bridgehead atoms. The predicted octanol–water partition coefficient (Wildman–Crippen LogP) is 4.21. The quantitative estimate of drug-likeness (QED) is 0.722. The summed E-state index contributed by atoms with van der Waals surface area (Å²) < 4.78 is 51.9. The molecule has 3 rings (SSSR count). The molecule has 0 aromatic heterocycles. The van der Waals surface area contributed by atoms with Crippen LogP contribution in [0.25, 0.3) is 0 Å². The third-order valence-electron chi connectivity index (χ3n) is 5.22. The van der Waals surface area contributed by atoms with Crippen LogP contribution in [-0.2, 0) is 28.7 Å². The number of carbonyl (C=O) groups is 2. The van der Waals surface area contributed by atoms with Crippen molar-refractivity contribution in [1.29, 1.82) is 0 Å². The van der Waals surface area contributed by atoms with E-state index in [1.54, 1.807) is 27.9 Å². The maximum atomic E-state index is 13.8. The summed E-state index contributed by atoms with van der Waals surface area (Å²) in [6, 6.07) is 2.55. The SMILES string of the molecule is CO[C@H]1CCCN(Cc2cc3c(c(C(F)(F)F)c2)CN(C(=O)OC(C)(C)C)C3=O)C1. The van der Waals surface area contributed by atoms with Crippen molar-refractivity contribution in [2.24, 2.45) is 0 Å². The van der Waals surface area contributed by atoms with Crippen molar-refractivity contribution in [1.82, 2.24) is 9.80 Å². The van der Waals surface area contributed by atoms with E-state index in [0.29, 0.717) is 12.1 Å². The van der Waals surface area contributed by atoms with Crippen LogP contribution in [0, 0.1) is 0 Å². The molecular formula is C21H27F3N2O4. The number of hydrogen-bond donors (Lipinski definition) is 0. The first kappa shape index (κ1) is 22.6. The number of benzene rings is 1. The summed E-state index contributed by atoms with van der Waals surface area (Å²) in [7, 11) is 1.62. The molecule has 0 N–H and O–H groups in total. The second-order valence-electron chi connectivity index (χ2n) is 8.77. The number of carbonyl (C=O) groups excluding carboxylic acids is 2. The molecule has 0 saturated carbocycles. The Hall–Kier alpha value is -2.13. The Balaban J connectivity index is 1.90. The lowest BCUT2D eigenvalue weighted by atomic mass is 9.98. The highest BCUT2D eigenvalue weighted by Gasteiger charge is 2.43. The lowest BCUT2D eigenvalue weighted by Gasteiger charge is -2.32. The Morgan fingerprint density at radius 2 is 1.93 bits per heavy atom. The van der Waals surface area contributed by atoms with Gasteiger partial charge in [0.25, 0.3) is 5.91 Å². The van der Waals surface area contributed by atoms with Gasteiger partial charge in [-0.1, -0.05) is 0 Å². The van der Waals surface area contributed by atoms with Crippen LogP contribution in [-0.4, -0.2) is 53.7 Å². The fraction of sp³-hybridized carbons (Fsp3) is 0.619. The number of alkyl halides is 3. The van der Waals surface area contributed by atoms with E-state index in [9.17, 15) is 22.8 Å². The topological polar surface area (TPSA) is 59.1 Å². The zero-order valence-electron chi connectivity index (χ0n) is 17.6. The zero-order valence-corrected chi connectivity index (χ0v) is 17.6. The normalized spacial score (nSPS) is 20.4. The van der Waals surface area contributed by atoms with Gasteiger partial charge in [-0.25, -0.2) is 9.69 Å². The molecule has 9 heteroatoms. The number of hydrogen-bond acceptors (Lipinski definition) is 5. The molecule has 6 nitrogen and oxygen atoms in total. The second-order valence-corrected chi connectivity index (χ2v) is 8.77. The van der Waals surface area contributed by atoms with E-state index in [1.165, 1.54) is 6.07 Å². The summed E-state index contributed by atoms with van der Waals surface area (Å²) in [5.41, 5.74) is -1.63. The molecular weight excluding hydrogens is 401 g/mol. The first-order valence-electron chi connectivity index (χ1n) is 9.92. The Kier molecular flexibility index (Phi) is 6.15. The smallest absolute Gasteiger partial charge is 0.417 e. The van der Waals surface area contributed by atoms with Crippen molar-refractivity contribution in [3.05, 3.63) is 34.4 Å². The number of rotatable bonds is 3. The van der Waals surface area contributed by atoms with Gasteiger partial charge in [-0.2, -0.15) is 13.2 Å². The third kappa shape index (κ3) is 4.95. The molecule has 166 valence electrons. The van der Waals surface area contributed by atoms with E-state index >= 15 is 0 Å². The molecule has 1 saturated heterocycles. The van der Waals surface area contributed by atoms with Gasteiger partial charge >= 0.3 is 12.3 Å². The maximum Gasteiger partial charge on any atom is 0.417 e. The van der Waals surface area contributed by atoms with Gasteiger partial charge in [-0.3, -0.25) is 9.69 Å². The first-order valence-corrected chi connectivity index (χ1v) is 9.92. The Bertz CT molecular complexity index is 833. The number of imide groups is 1. The number of amides is 2. The van der Waals surface area contributed by atoms with Gasteiger partial charge in [0, 0.05) is 25.8 Å². The Labute approximate surface area is 173 Å². The number of piperidine rings is 1. The van der Waals surface area contributed by atoms with Crippen LogP contribution >= 0.6 is 0 Å². The molecule has 2 heterocycles. The maximum absolute atomic E-state index is 13.8. The van der Waals surface area contributed by atoms with Crippen molar-refractivity contribution in [2.45, 2.75) is 64.6 Å². The number of nitrogens with zero attached hydrogens (tertiary/aromatic N) is 2. The molecule has 0 radical (unpaired) electrons. The molecule has 30 heavy (non-hydrogen) atoms. The van der Waals surface area contributed by atoms with Crippen LogP contribution in [0.4, 0.5) is 18.0 Å². The second kappa shape index (κ2) is 8.19. The lowest BCUT2D eigenvalue weighted by molar-refractivity contribution is -0.138. The van der Waals surface area contributed by atoms with E-state index in [2.05, 4.69) is 0 Å². The molecule has 2 aliphatic heterocycles. The highest BCUT2D eigenvalue weighted by molar-refractivity contribution is 6.06. The zero-order chi connectivity index (χ0) is 22.3. The predicted molar refractivity (Wildman–Crippen MR) is 103 cm³/mol. The Morgan fingerprint density at radius 1 is 1.23 bits per heavy atom. The minimum absolute atomic E-state index is 0.0413. The summed E-state index contributed by atoms with van der Waals surface area (Å²) in [6.45, 7) is 6.07. The third-order valence-corrected chi connectivity index (χ3v) is 5.22. The largest absolute Gasteiger partial charge is 0.443 e. The van der Waals surface area contributed by atoms with Crippen LogP contribution < -0.4 is 0 Å². The van der Waals surface area contributed by atoms with E-state index in [-0.39, 0.29) is 23.8 Å². The van der Waals surface area contributed by atoms with Crippen LogP contribution in [0.1, 0.15) is 60.7 Å². The fourth-order valence-electron chi connectivity index (χ4n) is 3.88. The number of likely N-dealkylation sites (tertiary alicyclic amines) is 1. The number of ether oxygens (including phenoxy) is 2. The van der Waals surface area contributed by atoms with Crippen molar-refractivity contribution in [3.8, 4) is 0 Å². The van der Waals surface area contributed by atoms with E-state index < -0.39 is 35.9 Å². The van der Waals surface area contributed by atoms with Crippen LogP contribution in [0.15, 0.2) is 12.1 Å². The summed E-state index contributed by atoms with van der Waals surface area (Å²) >= 11 is 0. The highest BCUT2D eigenvalue weighted by Crippen LogP contribution is 2.39. The molecule has 1 aromatic rings. The number of methoxy groups -OCH3 is 1. The minimum Gasteiger partial charge on any atom is -0.443 e. The van der Waals surface area contributed by atoms with Crippen LogP contribution in [0.3, 0.4) is 0 Å². The standard InChI is InChI=1S/C21H27F3N2O4/c1-20(2,3)30-19(28)26-12-16-15(18(26)27)8-13(9-17(16)21(22,23)24)10-25-7-5-6-14(11-25)29-4/h8-9,14H,5-7,10-12H2,1-4H3/t14-/m0/s1. The summed E-state index contributed by atoms with van der Waals surface area (Å²) in [6.07, 6.45) is -3.74. The molecule has 0 spiro atoms. The van der Waals surface area contributed by atoms with Gasteiger partial charge in [0.1, 0.15) is 5.60 Å². The number of fused-ring (bicyclic) bond motifs is 1. The molecule has 1 atom stereocenters. The molecule has 1 aromatic carbocycles. The molecule has 1 fully saturated rings. The highest BCUT2D eigenvalue weighted by atomic mass is 19.4. The fourth-order valence-corrected chi connectivity index (χ4v) is 3.88. The van der Waals surface area contributed by atoms with Gasteiger partial charge in [-0.15, -0.1) is 0 Å². The van der Waals surface area contributed by atoms with Crippen molar-refractivity contribution in [3.63, 3.8) is 0 Å². The Morgan fingerprint density at radius 3 is 2.53 bits per heavy atom. The van der Waals surface area contributed by atoms with E-state index in [4.69, 9.17) is 9.47 Å². The van der Waals surface area contributed by atoms with Gasteiger partial charge in [0.05, 0.1) is 18.2 Å².